The van der Waals surface area contributed by atoms with Gasteiger partial charge in [0.2, 0.25) is 11.8 Å². The van der Waals surface area contributed by atoms with Gasteiger partial charge in [-0.15, -0.1) is 0 Å². The van der Waals surface area contributed by atoms with Gasteiger partial charge in [-0.25, -0.2) is 0 Å². The molecular weight excluding hydrogens is 332 g/mol. The van der Waals surface area contributed by atoms with Gasteiger partial charge in [0.05, 0.1) is 0 Å². The first-order valence-corrected chi connectivity index (χ1v) is 8.61. The molecule has 0 saturated heterocycles. The third-order valence-electron chi connectivity index (χ3n) is 5.59. The minimum Gasteiger partial charge on any atom is -0.368 e. The van der Waals surface area contributed by atoms with Gasteiger partial charge >= 0.3 is 0 Å². The molecule has 2 amide bonds. The number of hydrogen-bond donors (Lipinski definition) is 2. The van der Waals surface area contributed by atoms with Crippen molar-refractivity contribution in [2.24, 2.45) is 28.9 Å². The van der Waals surface area contributed by atoms with Crippen molar-refractivity contribution >= 4 is 27.7 Å². The second kappa shape index (κ2) is 5.41. The van der Waals surface area contributed by atoms with Crippen LogP contribution < -0.4 is 11.1 Å². The zero-order valence-electron chi connectivity index (χ0n) is 12.2. The fourth-order valence-electron chi connectivity index (χ4n) is 5.14. The summed E-state index contributed by atoms with van der Waals surface area (Å²) in [7, 11) is 0. The summed E-state index contributed by atoms with van der Waals surface area (Å²) >= 11 is 3.24. The lowest BCUT2D eigenvalue weighted by Gasteiger charge is -2.55. The predicted octanol–water partition coefficient (Wildman–Crippen LogP) is 2.47. The summed E-state index contributed by atoms with van der Waals surface area (Å²) < 4.78 is 0.678. The molecule has 4 aliphatic carbocycles. The third kappa shape index (κ3) is 2.89. The molecule has 4 fully saturated rings. The molecule has 4 rings (SSSR count). The minimum absolute atomic E-state index is 0.0409. The molecule has 4 aliphatic rings. The van der Waals surface area contributed by atoms with Gasteiger partial charge in [0.25, 0.3) is 0 Å². The Kier molecular flexibility index (Phi) is 3.89. The first kappa shape index (κ1) is 15.1. The van der Waals surface area contributed by atoms with Crippen molar-refractivity contribution in [3.8, 4) is 0 Å². The second-order valence-electron chi connectivity index (χ2n) is 7.35. The van der Waals surface area contributed by atoms with Crippen LogP contribution in [0.5, 0.6) is 0 Å². The molecule has 1 atom stereocenters. The van der Waals surface area contributed by atoms with Crippen LogP contribution in [0.25, 0.3) is 0 Å². The van der Waals surface area contributed by atoms with E-state index in [2.05, 4.69) is 27.8 Å². The summed E-state index contributed by atoms with van der Waals surface area (Å²) in [5.41, 5.74) is 5.17. The molecule has 0 unspecified atom stereocenters. The standard InChI is InChI=1S/C16H23BrN2O2/c1-9(17)2-13(14(18)20)19-15(21)16-6-10-3-11(7-16)5-12(4-10)8-16/h10-13H,1-8H2,(H2,18,20)(H,19,21)/t10?,11?,12?,13-,16?/m0/s1. The Labute approximate surface area is 134 Å². The molecule has 3 N–H and O–H groups in total. The highest BCUT2D eigenvalue weighted by Crippen LogP contribution is 2.60. The molecule has 116 valence electrons. The number of halogens is 1. The highest BCUT2D eigenvalue weighted by Gasteiger charge is 2.54. The first-order valence-electron chi connectivity index (χ1n) is 7.81. The zero-order chi connectivity index (χ0) is 15.2. The Morgan fingerprint density at radius 2 is 1.67 bits per heavy atom. The molecule has 4 nitrogen and oxygen atoms in total. The van der Waals surface area contributed by atoms with Crippen molar-refractivity contribution in [3.63, 3.8) is 0 Å². The van der Waals surface area contributed by atoms with E-state index in [4.69, 9.17) is 5.73 Å². The molecule has 5 heteroatoms. The molecule has 0 aromatic heterocycles. The van der Waals surface area contributed by atoms with Crippen molar-refractivity contribution in [1.29, 1.82) is 0 Å². The van der Waals surface area contributed by atoms with Crippen molar-refractivity contribution in [2.75, 3.05) is 0 Å². The van der Waals surface area contributed by atoms with Crippen molar-refractivity contribution in [2.45, 2.75) is 51.0 Å². The maximum Gasteiger partial charge on any atom is 0.240 e. The fourth-order valence-corrected chi connectivity index (χ4v) is 5.47. The first-order chi connectivity index (χ1) is 9.88. The Hall–Kier alpha value is -0.840. The molecular formula is C16H23BrN2O2. The smallest absolute Gasteiger partial charge is 0.240 e. The van der Waals surface area contributed by atoms with Crippen LogP contribution in [0.3, 0.4) is 0 Å². The maximum atomic E-state index is 12.8. The number of hydrogen-bond acceptors (Lipinski definition) is 2. The SMILES string of the molecule is C=C(Br)C[C@H](NC(=O)C12CC3CC(CC(C3)C1)C2)C(N)=O. The van der Waals surface area contributed by atoms with Crippen molar-refractivity contribution in [1.82, 2.24) is 5.32 Å². The molecule has 4 saturated carbocycles. The summed E-state index contributed by atoms with van der Waals surface area (Å²) in [4.78, 5) is 24.4. The average molecular weight is 355 g/mol. The highest BCUT2D eigenvalue weighted by molar-refractivity contribution is 9.11. The Bertz CT molecular complexity index is 453. The lowest BCUT2D eigenvalue weighted by atomic mass is 9.49. The average Bonchev–Trinajstić information content (AvgIpc) is 2.35. The Balaban J connectivity index is 1.72. The van der Waals surface area contributed by atoms with Gasteiger partial charge < -0.3 is 11.1 Å². The lowest BCUT2D eigenvalue weighted by Crippen LogP contribution is -2.56. The summed E-state index contributed by atoms with van der Waals surface area (Å²) in [5.74, 6) is 1.67. The van der Waals surface area contributed by atoms with E-state index in [-0.39, 0.29) is 11.3 Å². The van der Waals surface area contributed by atoms with Crippen LogP contribution in [0.2, 0.25) is 0 Å². The van der Waals surface area contributed by atoms with Gasteiger partial charge in [0.1, 0.15) is 6.04 Å². The second-order valence-corrected chi connectivity index (χ2v) is 8.47. The largest absolute Gasteiger partial charge is 0.368 e. The number of carbonyl (C=O) groups excluding carboxylic acids is 2. The van der Waals surface area contributed by atoms with Crippen LogP contribution in [0, 0.1) is 23.2 Å². The van der Waals surface area contributed by atoms with Crippen molar-refractivity contribution in [3.05, 3.63) is 11.1 Å². The van der Waals surface area contributed by atoms with E-state index in [1.54, 1.807) is 0 Å². The van der Waals surface area contributed by atoms with E-state index in [1.807, 2.05) is 0 Å². The maximum absolute atomic E-state index is 12.8. The molecule has 0 spiro atoms. The number of amides is 2. The molecule has 0 aromatic rings. The summed E-state index contributed by atoms with van der Waals surface area (Å²) in [6.07, 6.45) is 7.22. The van der Waals surface area contributed by atoms with Crippen LogP contribution in [-0.4, -0.2) is 17.9 Å². The number of nitrogens with one attached hydrogen (secondary N) is 1. The number of rotatable bonds is 5. The van der Waals surface area contributed by atoms with E-state index < -0.39 is 11.9 Å². The topological polar surface area (TPSA) is 72.2 Å². The summed E-state index contributed by atoms with van der Waals surface area (Å²) in [6, 6.07) is -0.655. The van der Waals surface area contributed by atoms with Gasteiger partial charge in [-0.3, -0.25) is 9.59 Å². The highest BCUT2D eigenvalue weighted by atomic mass is 79.9. The van der Waals surface area contributed by atoms with Gasteiger partial charge in [-0.1, -0.05) is 22.5 Å². The normalized spacial score (nSPS) is 38.0. The molecule has 0 radical (unpaired) electrons. The van der Waals surface area contributed by atoms with Gasteiger partial charge in [-0.2, -0.15) is 0 Å². The summed E-state index contributed by atoms with van der Waals surface area (Å²) in [5, 5.41) is 2.90. The van der Waals surface area contributed by atoms with E-state index in [0.717, 1.165) is 19.3 Å². The lowest BCUT2D eigenvalue weighted by molar-refractivity contribution is -0.148. The van der Waals surface area contributed by atoms with Gasteiger partial charge in [0, 0.05) is 11.8 Å². The zero-order valence-corrected chi connectivity index (χ0v) is 13.8. The van der Waals surface area contributed by atoms with Gasteiger partial charge in [0.15, 0.2) is 0 Å². The van der Waals surface area contributed by atoms with E-state index >= 15 is 0 Å². The molecule has 0 aromatic carbocycles. The van der Waals surface area contributed by atoms with Crippen LogP contribution >= 0.6 is 15.9 Å². The van der Waals surface area contributed by atoms with Crippen molar-refractivity contribution < 1.29 is 9.59 Å². The Morgan fingerprint density at radius 3 is 2.05 bits per heavy atom. The van der Waals surface area contributed by atoms with Gasteiger partial charge in [-0.05, 0) is 60.8 Å². The number of nitrogens with two attached hydrogens (primary N) is 1. The molecule has 21 heavy (non-hydrogen) atoms. The molecule has 0 heterocycles. The van der Waals surface area contributed by atoms with Crippen LogP contribution in [0.15, 0.2) is 11.1 Å². The minimum atomic E-state index is -0.655. The van der Waals surface area contributed by atoms with E-state index in [0.29, 0.717) is 28.7 Å². The fraction of sp³-hybridized carbons (Fsp3) is 0.750. The van der Waals surface area contributed by atoms with Crippen LogP contribution in [-0.2, 0) is 9.59 Å². The van der Waals surface area contributed by atoms with E-state index in [1.165, 1.54) is 19.3 Å². The summed E-state index contributed by atoms with van der Waals surface area (Å²) in [6.45, 7) is 3.73. The molecule has 0 aliphatic heterocycles. The quantitative estimate of drug-likeness (QED) is 0.795. The Morgan fingerprint density at radius 1 is 1.19 bits per heavy atom. The van der Waals surface area contributed by atoms with Crippen LogP contribution in [0.4, 0.5) is 0 Å². The number of carbonyl (C=O) groups is 2. The monoisotopic (exact) mass is 354 g/mol. The molecule has 4 bridgehead atoms. The van der Waals surface area contributed by atoms with E-state index in [9.17, 15) is 9.59 Å². The predicted molar refractivity (Wildman–Crippen MR) is 84.4 cm³/mol. The number of primary amides is 1. The third-order valence-corrected chi connectivity index (χ3v) is 5.92. The van der Waals surface area contributed by atoms with Crippen LogP contribution in [0.1, 0.15) is 44.9 Å².